The lowest BCUT2D eigenvalue weighted by atomic mass is 10.2. The van der Waals surface area contributed by atoms with Gasteiger partial charge in [-0.25, -0.2) is 0 Å². The molecule has 1 N–H and O–H groups in total. The van der Waals surface area contributed by atoms with Crippen molar-refractivity contribution in [2.45, 2.75) is 39.2 Å². The first-order chi connectivity index (χ1) is 7.83. The number of hydrogen-bond acceptors (Lipinski definition) is 4. The molecule has 1 heterocycles. The predicted molar refractivity (Wildman–Crippen MR) is 66.5 cm³/mol. The van der Waals surface area contributed by atoms with Gasteiger partial charge in [0, 0.05) is 25.8 Å². The summed E-state index contributed by atoms with van der Waals surface area (Å²) in [5.41, 5.74) is 0. The average molecular weight is 247 g/mol. The summed E-state index contributed by atoms with van der Waals surface area (Å²) in [6.07, 6.45) is 3.61. The second-order valence-electron chi connectivity index (χ2n) is 3.96. The van der Waals surface area contributed by atoms with Crippen molar-refractivity contribution in [1.29, 1.82) is 0 Å². The molecule has 0 aromatic heterocycles. The molecule has 0 aliphatic carbocycles. The molecule has 4 nitrogen and oxygen atoms in total. The van der Waals surface area contributed by atoms with Gasteiger partial charge >= 0.3 is 8.80 Å². The third-order valence-electron chi connectivity index (χ3n) is 2.67. The molecule has 0 atom stereocenters. The lowest BCUT2D eigenvalue weighted by molar-refractivity contribution is 0.0663. The smallest absolute Gasteiger partial charge is 0.374 e. The first-order valence-corrected chi connectivity index (χ1v) is 8.39. The van der Waals surface area contributed by atoms with E-state index in [0.29, 0.717) is 19.8 Å². The number of rotatable bonds is 4. The van der Waals surface area contributed by atoms with Crippen molar-refractivity contribution >= 4 is 8.80 Å². The van der Waals surface area contributed by atoms with Crippen LogP contribution >= 0.6 is 0 Å². The standard InChI is InChI=1S/C11H25NO3Si/c1-3-13-16(14-4-2)11-7-5-6-8-12-9-10-15-16/h12H,3-11H2,1-2H3. The van der Waals surface area contributed by atoms with Crippen LogP contribution in [0.3, 0.4) is 0 Å². The molecule has 0 amide bonds. The van der Waals surface area contributed by atoms with Crippen molar-refractivity contribution in [3.63, 3.8) is 0 Å². The quantitative estimate of drug-likeness (QED) is 0.769. The Balaban J connectivity index is 2.52. The first kappa shape index (κ1) is 14.1. The largest absolute Gasteiger partial charge is 0.500 e. The van der Waals surface area contributed by atoms with Crippen molar-refractivity contribution in [3.05, 3.63) is 0 Å². The van der Waals surface area contributed by atoms with Gasteiger partial charge in [0.2, 0.25) is 0 Å². The van der Waals surface area contributed by atoms with Crippen molar-refractivity contribution in [2.24, 2.45) is 0 Å². The monoisotopic (exact) mass is 247 g/mol. The fraction of sp³-hybridized carbons (Fsp3) is 1.00. The summed E-state index contributed by atoms with van der Waals surface area (Å²) in [5, 5.41) is 3.36. The molecule has 0 spiro atoms. The molecule has 1 rings (SSSR count). The van der Waals surface area contributed by atoms with Gasteiger partial charge in [-0.2, -0.15) is 0 Å². The maximum Gasteiger partial charge on any atom is 0.500 e. The van der Waals surface area contributed by atoms with Crippen molar-refractivity contribution in [3.8, 4) is 0 Å². The molecule has 96 valence electrons. The highest BCUT2D eigenvalue weighted by molar-refractivity contribution is 6.60. The fourth-order valence-corrected chi connectivity index (χ4v) is 4.61. The van der Waals surface area contributed by atoms with Crippen LogP contribution in [0, 0.1) is 0 Å². The van der Waals surface area contributed by atoms with Crippen LogP contribution < -0.4 is 5.32 Å². The Morgan fingerprint density at radius 3 is 2.50 bits per heavy atom. The predicted octanol–water partition coefficient (Wildman–Crippen LogP) is 1.79. The second kappa shape index (κ2) is 8.19. The average Bonchev–Trinajstić information content (AvgIpc) is 2.28. The fourth-order valence-electron chi connectivity index (χ4n) is 1.95. The normalized spacial score (nSPS) is 22.9. The first-order valence-electron chi connectivity index (χ1n) is 6.45. The van der Waals surface area contributed by atoms with E-state index in [0.717, 1.165) is 25.6 Å². The van der Waals surface area contributed by atoms with Crippen LogP contribution in [0.2, 0.25) is 6.04 Å². The van der Waals surface area contributed by atoms with Crippen LogP contribution in [0.5, 0.6) is 0 Å². The molecule has 1 saturated heterocycles. The van der Waals surface area contributed by atoms with E-state index in [-0.39, 0.29) is 0 Å². The lowest BCUT2D eigenvalue weighted by Crippen LogP contribution is -2.47. The molecule has 0 aromatic rings. The van der Waals surface area contributed by atoms with E-state index in [9.17, 15) is 0 Å². The Labute approximate surface area is 100 Å². The molecule has 0 unspecified atom stereocenters. The van der Waals surface area contributed by atoms with Gasteiger partial charge in [-0.3, -0.25) is 0 Å². The Kier molecular flexibility index (Phi) is 7.23. The SMILES string of the molecule is CCO[Si]1(OCC)CCCCCNCCO1. The number of hydrogen-bond donors (Lipinski definition) is 1. The van der Waals surface area contributed by atoms with Gasteiger partial charge in [0.15, 0.2) is 0 Å². The van der Waals surface area contributed by atoms with Crippen LogP contribution in [0.1, 0.15) is 33.1 Å². The van der Waals surface area contributed by atoms with Gasteiger partial charge in [-0.05, 0) is 33.2 Å². The van der Waals surface area contributed by atoms with Crippen LogP contribution in [0.25, 0.3) is 0 Å². The Bertz CT molecular complexity index is 163. The van der Waals surface area contributed by atoms with E-state index in [2.05, 4.69) is 5.32 Å². The van der Waals surface area contributed by atoms with Gasteiger partial charge in [0.1, 0.15) is 0 Å². The minimum atomic E-state index is -2.36. The molecular weight excluding hydrogens is 222 g/mol. The summed E-state index contributed by atoms with van der Waals surface area (Å²) < 4.78 is 17.5. The van der Waals surface area contributed by atoms with Gasteiger partial charge in [0.05, 0.1) is 6.61 Å². The van der Waals surface area contributed by atoms with Crippen LogP contribution in [-0.4, -0.2) is 41.7 Å². The van der Waals surface area contributed by atoms with Crippen LogP contribution in [0.4, 0.5) is 0 Å². The van der Waals surface area contributed by atoms with E-state index in [1.165, 1.54) is 12.8 Å². The third-order valence-corrected chi connectivity index (χ3v) is 5.73. The zero-order chi connectivity index (χ0) is 11.7. The topological polar surface area (TPSA) is 39.7 Å². The maximum atomic E-state index is 5.92. The van der Waals surface area contributed by atoms with E-state index in [1.54, 1.807) is 0 Å². The van der Waals surface area contributed by atoms with Gasteiger partial charge in [-0.15, -0.1) is 0 Å². The van der Waals surface area contributed by atoms with E-state index in [4.69, 9.17) is 13.3 Å². The van der Waals surface area contributed by atoms with Crippen LogP contribution in [-0.2, 0) is 13.3 Å². The third kappa shape index (κ3) is 4.93. The second-order valence-corrected chi connectivity index (χ2v) is 6.69. The van der Waals surface area contributed by atoms with E-state index >= 15 is 0 Å². The van der Waals surface area contributed by atoms with Gasteiger partial charge in [-0.1, -0.05) is 6.42 Å². The summed E-state index contributed by atoms with van der Waals surface area (Å²) in [5.74, 6) is 0. The molecule has 0 bridgehead atoms. The van der Waals surface area contributed by atoms with E-state index in [1.807, 2.05) is 13.8 Å². The highest BCUT2D eigenvalue weighted by atomic mass is 28.4. The summed E-state index contributed by atoms with van der Waals surface area (Å²) in [4.78, 5) is 0. The summed E-state index contributed by atoms with van der Waals surface area (Å²) in [6, 6.07) is 0.967. The summed E-state index contributed by atoms with van der Waals surface area (Å²) in [7, 11) is -2.36. The Morgan fingerprint density at radius 1 is 1.06 bits per heavy atom. The molecule has 1 fully saturated rings. The van der Waals surface area contributed by atoms with E-state index < -0.39 is 8.80 Å². The minimum Gasteiger partial charge on any atom is -0.374 e. The molecule has 1 aliphatic heterocycles. The highest BCUT2D eigenvalue weighted by Crippen LogP contribution is 2.20. The Morgan fingerprint density at radius 2 is 1.81 bits per heavy atom. The van der Waals surface area contributed by atoms with Crippen molar-refractivity contribution < 1.29 is 13.3 Å². The zero-order valence-electron chi connectivity index (χ0n) is 10.6. The van der Waals surface area contributed by atoms with Crippen molar-refractivity contribution in [1.82, 2.24) is 5.32 Å². The zero-order valence-corrected chi connectivity index (χ0v) is 11.6. The molecular formula is C11H25NO3Si. The molecule has 0 saturated carbocycles. The van der Waals surface area contributed by atoms with Crippen LogP contribution in [0.15, 0.2) is 0 Å². The maximum absolute atomic E-state index is 5.92. The summed E-state index contributed by atoms with van der Waals surface area (Å²) in [6.45, 7) is 8.07. The van der Waals surface area contributed by atoms with Gasteiger partial charge < -0.3 is 18.6 Å². The summed E-state index contributed by atoms with van der Waals surface area (Å²) >= 11 is 0. The highest BCUT2D eigenvalue weighted by Gasteiger charge is 2.39. The molecule has 0 radical (unpaired) electrons. The Hall–Kier alpha value is 0.0569. The van der Waals surface area contributed by atoms with Crippen molar-refractivity contribution in [2.75, 3.05) is 32.9 Å². The number of nitrogens with one attached hydrogen (secondary N) is 1. The minimum absolute atomic E-state index is 0.680. The molecule has 16 heavy (non-hydrogen) atoms. The lowest BCUT2D eigenvalue weighted by Gasteiger charge is -2.29. The molecule has 1 aliphatic rings. The van der Waals surface area contributed by atoms with Gasteiger partial charge in [0.25, 0.3) is 0 Å². The molecule has 5 heteroatoms. The molecule has 0 aromatic carbocycles.